The molecule has 2 rings (SSSR count). The lowest BCUT2D eigenvalue weighted by Gasteiger charge is -2.09. The summed E-state index contributed by atoms with van der Waals surface area (Å²) in [7, 11) is 1.61. The summed E-state index contributed by atoms with van der Waals surface area (Å²) in [5.74, 6) is 0.308. The van der Waals surface area contributed by atoms with Crippen LogP contribution in [0.2, 0.25) is 0 Å². The normalized spacial score (nSPS) is 22.1. The van der Waals surface area contributed by atoms with Gasteiger partial charge in [-0.1, -0.05) is 0 Å². The molecule has 7 heteroatoms. The van der Waals surface area contributed by atoms with Crippen LogP contribution in [-0.4, -0.2) is 23.9 Å². The maximum absolute atomic E-state index is 11.7. The average Bonchev–Trinajstić information content (AvgIpc) is 2.60. The molecule has 0 aromatic carbocycles. The fourth-order valence-corrected chi connectivity index (χ4v) is 2.59. The van der Waals surface area contributed by atoms with Gasteiger partial charge in [0.25, 0.3) is 5.91 Å². The zero-order valence-corrected chi connectivity index (χ0v) is 11.5. The predicted molar refractivity (Wildman–Crippen MR) is 67.0 cm³/mol. The maximum Gasteiger partial charge on any atom is 0.255 e. The number of carbonyl (C=O) groups is 1. The van der Waals surface area contributed by atoms with Crippen molar-refractivity contribution in [2.24, 2.45) is 4.99 Å². The summed E-state index contributed by atoms with van der Waals surface area (Å²) in [5, 5.41) is 5.57. The average molecular weight is 348 g/mol. The quantitative estimate of drug-likeness (QED) is 0.806. The van der Waals surface area contributed by atoms with Crippen LogP contribution in [0.15, 0.2) is 26.2 Å². The molecule has 16 heavy (non-hydrogen) atoms. The second-order valence-corrected chi connectivity index (χ2v) is 4.93. The fraction of sp³-hybridized carbons (Fsp3) is 0.222. The molecule has 2 N–H and O–H groups in total. The molecule has 1 atom stereocenters. The van der Waals surface area contributed by atoms with Crippen molar-refractivity contribution in [2.75, 3.05) is 7.05 Å². The van der Waals surface area contributed by atoms with E-state index in [1.807, 2.05) is 6.07 Å². The van der Waals surface area contributed by atoms with Gasteiger partial charge in [0.1, 0.15) is 0 Å². The summed E-state index contributed by atoms with van der Waals surface area (Å²) in [4.78, 5) is 19.7. The molecule has 1 aliphatic rings. The van der Waals surface area contributed by atoms with Gasteiger partial charge in [0.2, 0.25) is 0 Å². The SMILES string of the molecule is CN=C1NC(=O)C(c2ncc(Br)cc2Br)N1. The van der Waals surface area contributed by atoms with Gasteiger partial charge >= 0.3 is 0 Å². The fourth-order valence-electron chi connectivity index (χ4n) is 1.38. The number of aliphatic imine (C=N–C) groups is 1. The van der Waals surface area contributed by atoms with Crippen molar-refractivity contribution >= 4 is 43.7 Å². The van der Waals surface area contributed by atoms with E-state index in [4.69, 9.17) is 0 Å². The molecule has 0 aliphatic carbocycles. The Kier molecular flexibility index (Phi) is 3.25. The maximum atomic E-state index is 11.7. The van der Waals surface area contributed by atoms with Gasteiger partial charge < -0.3 is 5.32 Å². The number of halogens is 2. The Balaban J connectivity index is 2.35. The Bertz CT molecular complexity index is 475. The Hall–Kier alpha value is -0.950. The van der Waals surface area contributed by atoms with E-state index in [2.05, 4.69) is 52.5 Å². The lowest BCUT2D eigenvalue weighted by Crippen LogP contribution is -2.24. The van der Waals surface area contributed by atoms with Crippen molar-refractivity contribution in [1.82, 2.24) is 15.6 Å². The second kappa shape index (κ2) is 4.50. The van der Waals surface area contributed by atoms with Crippen LogP contribution in [-0.2, 0) is 4.79 Å². The van der Waals surface area contributed by atoms with Gasteiger partial charge in [0.05, 0.1) is 5.69 Å². The number of nitrogens with one attached hydrogen (secondary N) is 2. The standard InChI is InChI=1S/C9H8Br2N4O/c1-12-9-14-7(8(16)15-9)6-5(11)2-4(10)3-13-6/h2-3,7H,1H3,(H2,12,14,15,16). The first kappa shape index (κ1) is 11.5. The van der Waals surface area contributed by atoms with Crippen LogP contribution in [0.3, 0.4) is 0 Å². The highest BCUT2D eigenvalue weighted by Gasteiger charge is 2.31. The Morgan fingerprint density at radius 3 is 2.81 bits per heavy atom. The summed E-state index contributed by atoms with van der Waals surface area (Å²) in [6.07, 6.45) is 1.65. The Morgan fingerprint density at radius 2 is 2.25 bits per heavy atom. The number of hydrogen-bond acceptors (Lipinski definition) is 3. The highest BCUT2D eigenvalue weighted by Crippen LogP contribution is 2.25. The molecule has 0 radical (unpaired) electrons. The van der Waals surface area contributed by atoms with Crippen LogP contribution in [0.25, 0.3) is 0 Å². The Labute approximate surface area is 109 Å². The predicted octanol–water partition coefficient (Wildman–Crippen LogP) is 1.35. The van der Waals surface area contributed by atoms with Gasteiger partial charge in [-0.25, -0.2) is 0 Å². The molecule has 0 spiro atoms. The molecule has 1 saturated heterocycles. The van der Waals surface area contributed by atoms with Crippen molar-refractivity contribution in [2.45, 2.75) is 6.04 Å². The van der Waals surface area contributed by atoms with Crippen LogP contribution in [0.4, 0.5) is 0 Å². The zero-order chi connectivity index (χ0) is 11.7. The van der Waals surface area contributed by atoms with E-state index in [-0.39, 0.29) is 5.91 Å². The topological polar surface area (TPSA) is 66.4 Å². The highest BCUT2D eigenvalue weighted by atomic mass is 79.9. The van der Waals surface area contributed by atoms with Crippen molar-refractivity contribution in [3.05, 3.63) is 26.9 Å². The smallest absolute Gasteiger partial charge is 0.255 e. The number of pyridine rings is 1. The number of carbonyl (C=O) groups excluding carboxylic acids is 1. The molecular formula is C9H8Br2N4O. The van der Waals surface area contributed by atoms with Crippen LogP contribution in [0.5, 0.6) is 0 Å². The minimum absolute atomic E-state index is 0.156. The third kappa shape index (κ3) is 2.10. The van der Waals surface area contributed by atoms with E-state index in [0.717, 1.165) is 8.95 Å². The van der Waals surface area contributed by atoms with Crippen LogP contribution < -0.4 is 10.6 Å². The Morgan fingerprint density at radius 1 is 1.50 bits per heavy atom. The molecule has 0 bridgehead atoms. The molecule has 1 unspecified atom stereocenters. The number of hydrogen-bond donors (Lipinski definition) is 2. The van der Waals surface area contributed by atoms with E-state index in [0.29, 0.717) is 11.7 Å². The summed E-state index contributed by atoms with van der Waals surface area (Å²) in [5.41, 5.74) is 0.638. The second-order valence-electron chi connectivity index (χ2n) is 3.16. The molecular weight excluding hydrogens is 340 g/mol. The number of amides is 1. The molecule has 5 nitrogen and oxygen atoms in total. The van der Waals surface area contributed by atoms with E-state index in [1.54, 1.807) is 13.2 Å². The highest BCUT2D eigenvalue weighted by molar-refractivity contribution is 9.11. The van der Waals surface area contributed by atoms with Crippen molar-refractivity contribution in [3.63, 3.8) is 0 Å². The summed E-state index contributed by atoms with van der Waals surface area (Å²) in [6.45, 7) is 0. The lowest BCUT2D eigenvalue weighted by atomic mass is 10.2. The summed E-state index contributed by atoms with van der Waals surface area (Å²) in [6, 6.07) is 1.35. The van der Waals surface area contributed by atoms with Crippen LogP contribution >= 0.6 is 31.9 Å². The molecule has 1 fully saturated rings. The van der Waals surface area contributed by atoms with Crippen molar-refractivity contribution < 1.29 is 4.79 Å². The summed E-state index contributed by atoms with van der Waals surface area (Å²) < 4.78 is 1.62. The number of guanidine groups is 1. The van der Waals surface area contributed by atoms with Gasteiger partial charge in [-0.15, -0.1) is 0 Å². The molecule has 84 valence electrons. The summed E-state index contributed by atoms with van der Waals surface area (Å²) >= 11 is 6.68. The van der Waals surface area contributed by atoms with Crippen LogP contribution in [0.1, 0.15) is 11.7 Å². The molecule has 1 aromatic rings. The third-order valence-corrected chi connectivity index (χ3v) is 3.19. The van der Waals surface area contributed by atoms with E-state index in [1.165, 1.54) is 0 Å². The first-order valence-corrected chi connectivity index (χ1v) is 6.05. The largest absolute Gasteiger partial charge is 0.339 e. The molecule has 1 aliphatic heterocycles. The van der Waals surface area contributed by atoms with Crippen LogP contribution in [0, 0.1) is 0 Å². The minimum atomic E-state index is -0.499. The first-order chi connectivity index (χ1) is 7.61. The van der Waals surface area contributed by atoms with Crippen molar-refractivity contribution in [1.29, 1.82) is 0 Å². The van der Waals surface area contributed by atoms with Gasteiger partial charge in [-0.2, -0.15) is 0 Å². The lowest BCUT2D eigenvalue weighted by molar-refractivity contribution is -0.120. The molecule has 1 aromatic heterocycles. The number of nitrogens with zero attached hydrogens (tertiary/aromatic N) is 2. The minimum Gasteiger partial charge on any atom is -0.339 e. The molecule has 0 saturated carbocycles. The van der Waals surface area contributed by atoms with Gasteiger partial charge in [0, 0.05) is 22.2 Å². The first-order valence-electron chi connectivity index (χ1n) is 4.47. The number of rotatable bonds is 1. The number of aromatic nitrogens is 1. The zero-order valence-electron chi connectivity index (χ0n) is 8.29. The van der Waals surface area contributed by atoms with E-state index in [9.17, 15) is 4.79 Å². The van der Waals surface area contributed by atoms with Gasteiger partial charge in [-0.3, -0.25) is 20.1 Å². The van der Waals surface area contributed by atoms with Gasteiger partial charge in [-0.05, 0) is 37.9 Å². The van der Waals surface area contributed by atoms with Crippen molar-refractivity contribution in [3.8, 4) is 0 Å². The van der Waals surface area contributed by atoms with E-state index < -0.39 is 6.04 Å². The third-order valence-electron chi connectivity index (χ3n) is 2.12. The van der Waals surface area contributed by atoms with Gasteiger partial charge in [0.15, 0.2) is 12.0 Å². The molecule has 1 amide bonds. The monoisotopic (exact) mass is 346 g/mol. The van der Waals surface area contributed by atoms with E-state index >= 15 is 0 Å². The molecule has 2 heterocycles.